The van der Waals surface area contributed by atoms with Crippen molar-refractivity contribution in [3.8, 4) is 5.06 Å². The summed E-state index contributed by atoms with van der Waals surface area (Å²) in [6.07, 6.45) is 0. The zero-order valence-corrected chi connectivity index (χ0v) is 7.46. The van der Waals surface area contributed by atoms with Gasteiger partial charge in [-0.3, -0.25) is 0 Å². The number of ether oxygens (including phenoxy) is 1. The molecule has 0 aliphatic heterocycles. The fourth-order valence-electron chi connectivity index (χ4n) is 0.513. The van der Waals surface area contributed by atoms with Crippen LogP contribution < -0.4 is 4.74 Å². The third-order valence-electron chi connectivity index (χ3n) is 0.830. The van der Waals surface area contributed by atoms with Crippen LogP contribution in [0.4, 0.5) is 0 Å². The van der Waals surface area contributed by atoms with Gasteiger partial charge in [0.1, 0.15) is 0 Å². The van der Waals surface area contributed by atoms with Gasteiger partial charge in [-0.1, -0.05) is 0 Å². The maximum absolute atomic E-state index is 5.22. The van der Waals surface area contributed by atoms with Gasteiger partial charge in [0.05, 0.1) is 6.61 Å². The number of thiophene rings is 1. The van der Waals surface area contributed by atoms with E-state index in [0.29, 0.717) is 0 Å². The van der Waals surface area contributed by atoms with Crippen molar-refractivity contribution in [1.82, 2.24) is 0 Å². The van der Waals surface area contributed by atoms with Crippen LogP contribution in [0, 0.1) is 0 Å². The van der Waals surface area contributed by atoms with Gasteiger partial charge in [0.2, 0.25) is 0 Å². The third kappa shape index (κ3) is 1.99. The minimum Gasteiger partial charge on any atom is -0.484 e. The molecule has 1 rings (SSSR count). The van der Waals surface area contributed by atoms with Gasteiger partial charge < -0.3 is 4.74 Å². The highest BCUT2D eigenvalue weighted by molar-refractivity contribution is 9.10. The Morgan fingerprint density at radius 2 is 2.56 bits per heavy atom. The maximum Gasteiger partial charge on any atom is 0.174 e. The second-order valence-electron chi connectivity index (χ2n) is 1.52. The first-order valence-electron chi connectivity index (χ1n) is 2.69. The molecule has 0 aromatic carbocycles. The number of halogens is 1. The number of hydrogen-bond acceptors (Lipinski definition) is 2. The highest BCUT2D eigenvalue weighted by Crippen LogP contribution is 2.26. The van der Waals surface area contributed by atoms with E-state index in [1.165, 1.54) is 0 Å². The molecule has 0 spiro atoms. The lowest BCUT2D eigenvalue weighted by Crippen LogP contribution is -1.86. The van der Waals surface area contributed by atoms with Gasteiger partial charge in [-0.05, 0) is 22.9 Å². The summed E-state index contributed by atoms with van der Waals surface area (Å²) in [5.41, 5.74) is 0. The summed E-state index contributed by atoms with van der Waals surface area (Å²) in [7, 11) is 0. The van der Waals surface area contributed by atoms with Crippen LogP contribution in [0.5, 0.6) is 5.06 Å². The van der Waals surface area contributed by atoms with Gasteiger partial charge in [0.25, 0.3) is 0 Å². The fourth-order valence-corrected chi connectivity index (χ4v) is 1.83. The van der Waals surface area contributed by atoms with E-state index in [-0.39, 0.29) is 0 Å². The van der Waals surface area contributed by atoms with Crippen molar-refractivity contribution in [1.29, 1.82) is 0 Å². The Kier molecular flexibility index (Phi) is 2.54. The molecule has 1 aromatic heterocycles. The van der Waals surface area contributed by atoms with Crippen LogP contribution in [-0.2, 0) is 0 Å². The molecular formula is C6H7BrOS. The molecule has 0 amide bonds. The monoisotopic (exact) mass is 206 g/mol. The van der Waals surface area contributed by atoms with Gasteiger partial charge in [-0.15, -0.1) is 11.3 Å². The molecule has 0 radical (unpaired) electrons. The quantitative estimate of drug-likeness (QED) is 0.724. The molecule has 9 heavy (non-hydrogen) atoms. The summed E-state index contributed by atoms with van der Waals surface area (Å²) in [6, 6.07) is 1.97. The van der Waals surface area contributed by atoms with Gasteiger partial charge in [-0.2, -0.15) is 0 Å². The Labute approximate surface area is 66.8 Å². The summed E-state index contributed by atoms with van der Waals surface area (Å²) in [5.74, 6) is 0. The average Bonchev–Trinajstić information content (AvgIpc) is 2.17. The van der Waals surface area contributed by atoms with Crippen molar-refractivity contribution in [2.45, 2.75) is 6.92 Å². The second kappa shape index (κ2) is 3.22. The lowest BCUT2D eigenvalue weighted by Gasteiger charge is -1.93. The van der Waals surface area contributed by atoms with E-state index < -0.39 is 0 Å². The minimum atomic E-state index is 0.743. The van der Waals surface area contributed by atoms with Gasteiger partial charge >= 0.3 is 0 Å². The van der Waals surface area contributed by atoms with E-state index >= 15 is 0 Å². The molecule has 1 nitrogen and oxygen atoms in total. The average molecular weight is 207 g/mol. The van der Waals surface area contributed by atoms with Crippen molar-refractivity contribution in [2.75, 3.05) is 6.61 Å². The van der Waals surface area contributed by atoms with Crippen molar-refractivity contribution in [2.24, 2.45) is 0 Å². The van der Waals surface area contributed by atoms with Crippen LogP contribution in [0.3, 0.4) is 0 Å². The maximum atomic E-state index is 5.22. The summed E-state index contributed by atoms with van der Waals surface area (Å²) in [4.78, 5) is 0. The largest absolute Gasteiger partial charge is 0.484 e. The molecule has 0 bridgehead atoms. The predicted octanol–water partition coefficient (Wildman–Crippen LogP) is 2.91. The van der Waals surface area contributed by atoms with Crippen molar-refractivity contribution in [3.63, 3.8) is 0 Å². The number of rotatable bonds is 2. The van der Waals surface area contributed by atoms with Crippen LogP contribution in [-0.4, -0.2) is 6.61 Å². The van der Waals surface area contributed by atoms with Crippen molar-refractivity contribution in [3.05, 3.63) is 15.9 Å². The molecule has 0 saturated carbocycles. The smallest absolute Gasteiger partial charge is 0.174 e. The SMILES string of the molecule is CCOc1cc(Br)cs1. The van der Waals surface area contributed by atoms with Gasteiger partial charge in [0, 0.05) is 15.9 Å². The Balaban J connectivity index is 2.61. The molecule has 1 aromatic rings. The minimum absolute atomic E-state index is 0.743. The topological polar surface area (TPSA) is 9.23 Å². The molecule has 50 valence electrons. The summed E-state index contributed by atoms with van der Waals surface area (Å²) >= 11 is 4.94. The van der Waals surface area contributed by atoms with E-state index in [4.69, 9.17) is 4.74 Å². The first-order valence-corrected chi connectivity index (χ1v) is 4.37. The van der Waals surface area contributed by atoms with Crippen molar-refractivity contribution >= 4 is 27.3 Å². The van der Waals surface area contributed by atoms with Crippen molar-refractivity contribution < 1.29 is 4.74 Å². The third-order valence-corrected chi connectivity index (χ3v) is 2.43. The summed E-state index contributed by atoms with van der Waals surface area (Å²) in [5, 5.41) is 2.98. The molecule has 0 fully saturated rings. The van der Waals surface area contributed by atoms with Crippen LogP contribution in [0.2, 0.25) is 0 Å². The Morgan fingerprint density at radius 3 is 3.00 bits per heavy atom. The van der Waals surface area contributed by atoms with Gasteiger partial charge in [-0.25, -0.2) is 0 Å². The van der Waals surface area contributed by atoms with E-state index in [1.807, 2.05) is 18.4 Å². The zero-order chi connectivity index (χ0) is 6.69. The van der Waals surface area contributed by atoms with E-state index in [9.17, 15) is 0 Å². The Bertz CT molecular complexity index is 185. The van der Waals surface area contributed by atoms with E-state index in [2.05, 4.69) is 15.9 Å². The molecular weight excluding hydrogens is 200 g/mol. The zero-order valence-electron chi connectivity index (χ0n) is 5.06. The standard InChI is InChI=1S/C6H7BrOS/c1-2-8-6-3-5(7)4-9-6/h3-4H,2H2,1H3. The fraction of sp³-hybridized carbons (Fsp3) is 0.333. The summed E-state index contributed by atoms with van der Waals surface area (Å²) < 4.78 is 6.31. The number of hydrogen-bond donors (Lipinski definition) is 0. The molecule has 0 atom stereocenters. The molecule has 0 N–H and O–H groups in total. The molecule has 0 aliphatic carbocycles. The lowest BCUT2D eigenvalue weighted by atomic mass is 10.6. The highest BCUT2D eigenvalue weighted by atomic mass is 79.9. The molecule has 0 aliphatic rings. The summed E-state index contributed by atoms with van der Waals surface area (Å²) in [6.45, 7) is 2.72. The Hall–Kier alpha value is -0.0200. The highest BCUT2D eigenvalue weighted by Gasteiger charge is 1.94. The van der Waals surface area contributed by atoms with E-state index in [1.54, 1.807) is 11.3 Å². The second-order valence-corrected chi connectivity index (χ2v) is 3.31. The molecule has 0 unspecified atom stereocenters. The Morgan fingerprint density at radius 1 is 1.78 bits per heavy atom. The molecule has 3 heteroatoms. The van der Waals surface area contributed by atoms with Gasteiger partial charge in [0.15, 0.2) is 5.06 Å². The van der Waals surface area contributed by atoms with Crippen LogP contribution in [0.25, 0.3) is 0 Å². The molecule has 0 saturated heterocycles. The normalized spacial score (nSPS) is 9.56. The van der Waals surface area contributed by atoms with E-state index in [0.717, 1.165) is 16.1 Å². The van der Waals surface area contributed by atoms with Crippen LogP contribution >= 0.6 is 27.3 Å². The lowest BCUT2D eigenvalue weighted by molar-refractivity contribution is 0.350. The van der Waals surface area contributed by atoms with Crippen LogP contribution in [0.15, 0.2) is 15.9 Å². The predicted molar refractivity (Wildman–Crippen MR) is 43.2 cm³/mol. The first-order chi connectivity index (χ1) is 4.33. The molecule has 1 heterocycles. The van der Waals surface area contributed by atoms with Crippen LogP contribution in [0.1, 0.15) is 6.92 Å². The first kappa shape index (κ1) is 7.09.